The summed E-state index contributed by atoms with van der Waals surface area (Å²) in [4.78, 5) is 11.8. The van der Waals surface area contributed by atoms with Crippen molar-refractivity contribution in [3.05, 3.63) is 29.8 Å². The van der Waals surface area contributed by atoms with E-state index < -0.39 is 12.2 Å². The van der Waals surface area contributed by atoms with Crippen molar-refractivity contribution >= 4 is 5.91 Å². The molecule has 104 valence electrons. The third-order valence-corrected chi connectivity index (χ3v) is 3.41. The van der Waals surface area contributed by atoms with Crippen molar-refractivity contribution in [2.75, 3.05) is 6.54 Å². The number of nitrogens with one attached hydrogen (secondary N) is 1. The minimum atomic E-state index is -0.435. The molecule has 1 amide bonds. The van der Waals surface area contributed by atoms with Gasteiger partial charge in [0.2, 0.25) is 0 Å². The number of hydrogen-bond acceptors (Lipinski definition) is 3. The summed E-state index contributed by atoms with van der Waals surface area (Å²) in [5, 5.41) is 12.6. The fourth-order valence-corrected chi connectivity index (χ4v) is 2.19. The second-order valence-electron chi connectivity index (χ2n) is 4.89. The fourth-order valence-electron chi connectivity index (χ4n) is 2.19. The zero-order valence-corrected chi connectivity index (χ0v) is 11.3. The Kier molecular flexibility index (Phi) is 4.80. The highest BCUT2D eigenvalue weighted by molar-refractivity contribution is 5.81. The van der Waals surface area contributed by atoms with Gasteiger partial charge >= 0.3 is 0 Å². The lowest BCUT2D eigenvalue weighted by Crippen LogP contribution is -2.36. The Balaban J connectivity index is 2.00. The SMILES string of the molecule is CCC(O)c1ccc(OC2CCCCNC2=O)cc1. The van der Waals surface area contributed by atoms with Gasteiger partial charge in [0.15, 0.2) is 6.10 Å². The molecule has 4 heteroatoms. The first-order valence-electron chi connectivity index (χ1n) is 6.93. The zero-order valence-electron chi connectivity index (χ0n) is 11.3. The summed E-state index contributed by atoms with van der Waals surface area (Å²) >= 11 is 0. The number of aliphatic hydroxyl groups excluding tert-OH is 1. The van der Waals surface area contributed by atoms with Gasteiger partial charge in [-0.1, -0.05) is 19.1 Å². The number of ether oxygens (including phenoxy) is 1. The maximum atomic E-state index is 11.8. The van der Waals surface area contributed by atoms with Gasteiger partial charge in [0.1, 0.15) is 5.75 Å². The lowest BCUT2D eigenvalue weighted by atomic mass is 10.1. The van der Waals surface area contributed by atoms with Gasteiger partial charge in [-0.15, -0.1) is 0 Å². The molecule has 2 atom stereocenters. The van der Waals surface area contributed by atoms with Crippen molar-refractivity contribution in [2.24, 2.45) is 0 Å². The summed E-state index contributed by atoms with van der Waals surface area (Å²) in [7, 11) is 0. The molecule has 0 bridgehead atoms. The Labute approximate surface area is 113 Å². The molecule has 1 aromatic carbocycles. The van der Waals surface area contributed by atoms with Gasteiger partial charge < -0.3 is 15.2 Å². The zero-order chi connectivity index (χ0) is 13.7. The Hall–Kier alpha value is -1.55. The van der Waals surface area contributed by atoms with Gasteiger partial charge in [-0.05, 0) is 43.4 Å². The molecule has 2 rings (SSSR count). The van der Waals surface area contributed by atoms with Crippen molar-refractivity contribution in [3.8, 4) is 5.75 Å². The summed E-state index contributed by atoms with van der Waals surface area (Å²) in [5.74, 6) is 0.643. The Bertz CT molecular complexity index is 416. The van der Waals surface area contributed by atoms with E-state index in [9.17, 15) is 9.90 Å². The first-order valence-corrected chi connectivity index (χ1v) is 6.93. The van der Waals surface area contributed by atoms with Crippen molar-refractivity contribution in [2.45, 2.75) is 44.8 Å². The normalized spacial score (nSPS) is 21.4. The summed E-state index contributed by atoms with van der Waals surface area (Å²) in [6.07, 6.45) is 2.61. The van der Waals surface area contributed by atoms with Crippen LogP contribution in [0.5, 0.6) is 5.75 Å². The third kappa shape index (κ3) is 3.70. The number of rotatable bonds is 4. The Morgan fingerprint density at radius 2 is 2.11 bits per heavy atom. The fraction of sp³-hybridized carbons (Fsp3) is 0.533. The second kappa shape index (κ2) is 6.57. The van der Waals surface area contributed by atoms with Gasteiger partial charge in [0, 0.05) is 6.54 Å². The lowest BCUT2D eigenvalue weighted by molar-refractivity contribution is -0.127. The van der Waals surface area contributed by atoms with Crippen LogP contribution in [-0.4, -0.2) is 23.7 Å². The van der Waals surface area contributed by atoms with E-state index in [1.807, 2.05) is 31.2 Å². The van der Waals surface area contributed by atoms with Crippen LogP contribution in [0.2, 0.25) is 0 Å². The molecule has 1 aliphatic heterocycles. The molecule has 0 aliphatic carbocycles. The van der Waals surface area contributed by atoms with Crippen molar-refractivity contribution in [1.29, 1.82) is 0 Å². The molecule has 1 fully saturated rings. The van der Waals surface area contributed by atoms with Crippen LogP contribution in [0.1, 0.15) is 44.3 Å². The molecule has 1 aliphatic rings. The molecule has 2 unspecified atom stereocenters. The number of carbonyl (C=O) groups excluding carboxylic acids is 1. The third-order valence-electron chi connectivity index (χ3n) is 3.41. The van der Waals surface area contributed by atoms with Crippen LogP contribution in [0.4, 0.5) is 0 Å². The highest BCUT2D eigenvalue weighted by atomic mass is 16.5. The first-order chi connectivity index (χ1) is 9.20. The number of carbonyl (C=O) groups is 1. The maximum absolute atomic E-state index is 11.8. The van der Waals surface area contributed by atoms with Crippen LogP contribution >= 0.6 is 0 Å². The van der Waals surface area contributed by atoms with Crippen molar-refractivity contribution < 1.29 is 14.6 Å². The summed E-state index contributed by atoms with van der Waals surface area (Å²) in [6, 6.07) is 7.31. The highest BCUT2D eigenvalue weighted by Gasteiger charge is 2.22. The molecule has 4 nitrogen and oxygen atoms in total. The van der Waals surface area contributed by atoms with Crippen LogP contribution in [0.15, 0.2) is 24.3 Å². The topological polar surface area (TPSA) is 58.6 Å². The molecule has 1 heterocycles. The van der Waals surface area contributed by atoms with Crippen LogP contribution in [0.3, 0.4) is 0 Å². The molecule has 0 radical (unpaired) electrons. The minimum absolute atomic E-state index is 0.0323. The van der Waals surface area contributed by atoms with E-state index in [0.717, 1.165) is 31.4 Å². The van der Waals surface area contributed by atoms with Crippen LogP contribution in [0.25, 0.3) is 0 Å². The molecule has 1 aromatic rings. The largest absolute Gasteiger partial charge is 0.481 e. The molecule has 0 aromatic heterocycles. The second-order valence-corrected chi connectivity index (χ2v) is 4.89. The first kappa shape index (κ1) is 13.9. The van der Waals surface area contributed by atoms with Gasteiger partial charge in [-0.3, -0.25) is 4.79 Å². The molecular weight excluding hydrogens is 242 g/mol. The number of aliphatic hydroxyl groups is 1. The molecule has 0 spiro atoms. The van der Waals surface area contributed by atoms with Crippen LogP contribution in [0, 0.1) is 0 Å². The lowest BCUT2D eigenvalue weighted by Gasteiger charge is -2.16. The number of amides is 1. The van der Waals surface area contributed by atoms with Gasteiger partial charge in [0.05, 0.1) is 6.10 Å². The summed E-state index contributed by atoms with van der Waals surface area (Å²) < 4.78 is 5.72. The number of benzene rings is 1. The maximum Gasteiger partial charge on any atom is 0.261 e. The van der Waals surface area contributed by atoms with E-state index in [4.69, 9.17) is 4.74 Å². The molecule has 19 heavy (non-hydrogen) atoms. The van der Waals surface area contributed by atoms with Crippen LogP contribution in [-0.2, 0) is 4.79 Å². The number of hydrogen-bond donors (Lipinski definition) is 2. The van der Waals surface area contributed by atoms with Gasteiger partial charge in [-0.25, -0.2) is 0 Å². The monoisotopic (exact) mass is 263 g/mol. The predicted molar refractivity (Wildman–Crippen MR) is 73.0 cm³/mol. The molecular formula is C15H21NO3. The Morgan fingerprint density at radius 1 is 1.37 bits per heavy atom. The smallest absolute Gasteiger partial charge is 0.261 e. The van der Waals surface area contributed by atoms with E-state index in [-0.39, 0.29) is 5.91 Å². The van der Waals surface area contributed by atoms with Crippen molar-refractivity contribution in [3.63, 3.8) is 0 Å². The van der Waals surface area contributed by atoms with E-state index in [1.165, 1.54) is 0 Å². The highest BCUT2D eigenvalue weighted by Crippen LogP contribution is 2.21. The summed E-state index contributed by atoms with van der Waals surface area (Å²) in [5.41, 5.74) is 0.875. The van der Waals surface area contributed by atoms with Gasteiger partial charge in [-0.2, -0.15) is 0 Å². The average Bonchev–Trinajstić information content (AvgIpc) is 2.64. The Morgan fingerprint density at radius 3 is 2.79 bits per heavy atom. The molecule has 2 N–H and O–H groups in total. The van der Waals surface area contributed by atoms with E-state index >= 15 is 0 Å². The van der Waals surface area contributed by atoms with E-state index in [1.54, 1.807) is 0 Å². The van der Waals surface area contributed by atoms with E-state index in [0.29, 0.717) is 12.2 Å². The predicted octanol–water partition coefficient (Wildman–Crippen LogP) is 2.18. The van der Waals surface area contributed by atoms with Gasteiger partial charge in [0.25, 0.3) is 5.91 Å². The quantitative estimate of drug-likeness (QED) is 0.875. The summed E-state index contributed by atoms with van der Waals surface area (Å²) in [6.45, 7) is 2.67. The standard InChI is InChI=1S/C15H21NO3/c1-2-13(17)11-6-8-12(9-7-11)19-14-5-3-4-10-16-15(14)18/h6-9,13-14,17H,2-5,10H2,1H3,(H,16,18). The molecule has 1 saturated heterocycles. The van der Waals surface area contributed by atoms with Crippen LogP contribution < -0.4 is 10.1 Å². The average molecular weight is 263 g/mol. The van der Waals surface area contributed by atoms with Crippen molar-refractivity contribution in [1.82, 2.24) is 5.32 Å². The van der Waals surface area contributed by atoms with E-state index in [2.05, 4.69) is 5.32 Å². The minimum Gasteiger partial charge on any atom is -0.481 e. The molecule has 0 saturated carbocycles.